The van der Waals surface area contributed by atoms with Crippen LogP contribution >= 0.6 is 0 Å². The van der Waals surface area contributed by atoms with Crippen molar-refractivity contribution in [3.63, 3.8) is 0 Å². The number of ether oxygens (including phenoxy) is 1. The van der Waals surface area contributed by atoms with Crippen LogP contribution in [0.5, 0.6) is 0 Å². The third-order valence-corrected chi connectivity index (χ3v) is 17.3. The minimum atomic E-state index is -0.844. The van der Waals surface area contributed by atoms with Gasteiger partial charge in [-0.05, 0) is 89.9 Å². The minimum Gasteiger partial charge on any atom is -0.466 e. The number of allylic oxidation sites excluding steroid dienone is 7. The molecule has 2 unspecified atom stereocenters. The van der Waals surface area contributed by atoms with Crippen LogP contribution in [0.3, 0.4) is 0 Å². The predicted octanol–water partition coefficient (Wildman–Crippen LogP) is 24.4. The van der Waals surface area contributed by atoms with Crippen molar-refractivity contribution < 1.29 is 24.5 Å². The fourth-order valence-corrected chi connectivity index (χ4v) is 11.6. The molecule has 0 aliphatic carbocycles. The van der Waals surface area contributed by atoms with E-state index in [1.54, 1.807) is 6.08 Å². The summed E-state index contributed by atoms with van der Waals surface area (Å²) in [6.45, 7) is 4.92. The molecule has 0 saturated carbocycles. The van der Waals surface area contributed by atoms with Crippen LogP contribution in [0.1, 0.15) is 406 Å². The van der Waals surface area contributed by atoms with Crippen molar-refractivity contribution in [3.8, 4) is 0 Å². The highest BCUT2D eigenvalue weighted by Crippen LogP contribution is 2.19. The predicted molar refractivity (Wildman–Crippen MR) is 366 cm³/mol. The number of carbonyl (C=O) groups excluding carboxylic acids is 2. The summed E-state index contributed by atoms with van der Waals surface area (Å²) in [4.78, 5) is 24.6. The molecule has 83 heavy (non-hydrogen) atoms. The van der Waals surface area contributed by atoms with E-state index in [4.69, 9.17) is 4.74 Å². The number of hydrogen-bond donors (Lipinski definition) is 3. The molecule has 0 aromatic rings. The van der Waals surface area contributed by atoms with Crippen LogP contribution in [0.4, 0.5) is 0 Å². The lowest BCUT2D eigenvalue weighted by molar-refractivity contribution is -0.143. The van der Waals surface area contributed by atoms with E-state index in [9.17, 15) is 19.8 Å². The van der Waals surface area contributed by atoms with Crippen molar-refractivity contribution in [3.05, 3.63) is 48.6 Å². The van der Waals surface area contributed by atoms with Crippen molar-refractivity contribution in [2.45, 2.75) is 418 Å². The second kappa shape index (κ2) is 72.3. The number of aliphatic hydroxyl groups is 2. The molecule has 6 nitrogen and oxygen atoms in total. The van der Waals surface area contributed by atoms with Gasteiger partial charge >= 0.3 is 5.97 Å². The average Bonchev–Trinajstić information content (AvgIpc) is 3.49. The lowest BCUT2D eigenvalue weighted by atomic mass is 10.0. The summed E-state index contributed by atoms with van der Waals surface area (Å²) in [6.07, 6.45) is 95.0. The second-order valence-electron chi connectivity index (χ2n) is 25.6. The number of hydrogen-bond acceptors (Lipinski definition) is 5. The van der Waals surface area contributed by atoms with Gasteiger partial charge < -0.3 is 20.3 Å². The molecule has 3 N–H and O–H groups in total. The molecular formula is C77H145NO5. The lowest BCUT2D eigenvalue weighted by Crippen LogP contribution is -2.45. The first-order valence-corrected chi connectivity index (χ1v) is 37.4. The third kappa shape index (κ3) is 68.8. The summed E-state index contributed by atoms with van der Waals surface area (Å²) in [5, 5.41) is 23.2. The van der Waals surface area contributed by atoms with Crippen LogP contribution in [0.25, 0.3) is 0 Å². The molecule has 0 aromatic heterocycles. The number of unbranched alkanes of at least 4 members (excludes halogenated alkanes) is 53. The topological polar surface area (TPSA) is 95.9 Å². The van der Waals surface area contributed by atoms with E-state index in [-0.39, 0.29) is 18.5 Å². The van der Waals surface area contributed by atoms with E-state index in [1.807, 2.05) is 6.08 Å². The van der Waals surface area contributed by atoms with Gasteiger partial charge in [-0.3, -0.25) is 9.59 Å². The van der Waals surface area contributed by atoms with Crippen molar-refractivity contribution in [1.82, 2.24) is 5.32 Å². The SMILES string of the molecule is CCCCCC/C=C\CCCCCCCC(=O)OCCCCCCCCCCCCC/C=C\C/C=C\CCCCCCCCCCCCCCCCCCCC(=O)NC(CO)C(O)/C=C/CCCCCCCCCCCCCCCCCC. The van der Waals surface area contributed by atoms with Gasteiger partial charge in [-0.1, -0.05) is 351 Å². The Labute approximate surface area is 518 Å². The molecule has 488 valence electrons. The van der Waals surface area contributed by atoms with E-state index < -0.39 is 12.1 Å². The second-order valence-corrected chi connectivity index (χ2v) is 25.6. The number of nitrogens with one attached hydrogen (secondary N) is 1. The summed E-state index contributed by atoms with van der Waals surface area (Å²) in [5.41, 5.74) is 0. The molecule has 0 fully saturated rings. The summed E-state index contributed by atoms with van der Waals surface area (Å²) >= 11 is 0. The quantitative estimate of drug-likeness (QED) is 0.0320. The molecule has 0 aliphatic heterocycles. The zero-order valence-electron chi connectivity index (χ0n) is 55.9. The molecule has 0 aromatic carbocycles. The molecular weight excluding hydrogens is 1020 g/mol. The van der Waals surface area contributed by atoms with Crippen LogP contribution < -0.4 is 5.32 Å². The van der Waals surface area contributed by atoms with Crippen LogP contribution in [0.15, 0.2) is 48.6 Å². The summed E-state index contributed by atoms with van der Waals surface area (Å²) in [6, 6.07) is -0.627. The van der Waals surface area contributed by atoms with Gasteiger partial charge in [0.05, 0.1) is 25.4 Å². The standard InChI is InChI=1S/C77H145NO5/c1-3-5-7-9-11-13-15-17-18-19-39-42-46-49-53-57-61-65-69-75(80)74(73-79)78-76(81)70-66-62-58-54-50-47-43-40-37-35-33-31-29-27-25-23-21-20-22-24-26-28-30-32-34-36-38-41-44-48-52-56-60-64-68-72-83-77(82)71-67-63-59-55-51-45-16-14-12-10-8-6-4-2/h14,16,22,24,28,30,65,69,74-75,79-80H,3-13,15,17-21,23,25-27,29,31-64,66-68,70-73H2,1-2H3,(H,78,81)/b16-14-,24-22-,30-28-,69-65+. The summed E-state index contributed by atoms with van der Waals surface area (Å²) in [7, 11) is 0. The Hall–Kier alpha value is -2.18. The highest BCUT2D eigenvalue weighted by molar-refractivity contribution is 5.76. The average molecular weight is 1170 g/mol. The Morgan fingerprint density at radius 3 is 0.940 bits per heavy atom. The molecule has 0 bridgehead atoms. The molecule has 0 heterocycles. The number of aliphatic hydroxyl groups excluding tert-OH is 2. The van der Waals surface area contributed by atoms with Crippen LogP contribution in [-0.4, -0.2) is 47.4 Å². The maximum atomic E-state index is 12.5. The Morgan fingerprint density at radius 2 is 0.602 bits per heavy atom. The van der Waals surface area contributed by atoms with Crippen LogP contribution in [0, 0.1) is 0 Å². The van der Waals surface area contributed by atoms with Crippen molar-refractivity contribution in [2.75, 3.05) is 13.2 Å². The largest absolute Gasteiger partial charge is 0.466 e. The Bertz CT molecular complexity index is 1390. The van der Waals surface area contributed by atoms with Crippen LogP contribution in [0.2, 0.25) is 0 Å². The summed E-state index contributed by atoms with van der Waals surface area (Å²) in [5.74, 6) is -0.0551. The fourth-order valence-electron chi connectivity index (χ4n) is 11.6. The normalized spacial score (nSPS) is 12.8. The maximum absolute atomic E-state index is 12.5. The molecule has 1 amide bonds. The van der Waals surface area contributed by atoms with Gasteiger partial charge in [0.25, 0.3) is 0 Å². The van der Waals surface area contributed by atoms with E-state index in [1.165, 1.54) is 327 Å². The van der Waals surface area contributed by atoms with Gasteiger partial charge in [0, 0.05) is 12.8 Å². The summed E-state index contributed by atoms with van der Waals surface area (Å²) < 4.78 is 5.48. The van der Waals surface area contributed by atoms with Crippen LogP contribution in [-0.2, 0) is 14.3 Å². The Kier molecular flexibility index (Phi) is 70.4. The molecule has 0 aliphatic rings. The van der Waals surface area contributed by atoms with Crippen molar-refractivity contribution in [2.24, 2.45) is 0 Å². The van der Waals surface area contributed by atoms with Gasteiger partial charge in [0.1, 0.15) is 0 Å². The zero-order valence-corrected chi connectivity index (χ0v) is 55.9. The van der Waals surface area contributed by atoms with Gasteiger partial charge in [0.2, 0.25) is 5.91 Å². The van der Waals surface area contributed by atoms with E-state index >= 15 is 0 Å². The number of rotatable bonds is 70. The van der Waals surface area contributed by atoms with E-state index in [0.29, 0.717) is 19.4 Å². The smallest absolute Gasteiger partial charge is 0.305 e. The molecule has 0 rings (SSSR count). The van der Waals surface area contributed by atoms with E-state index in [0.717, 1.165) is 51.4 Å². The first-order chi connectivity index (χ1) is 41.0. The number of esters is 1. The highest BCUT2D eigenvalue weighted by Gasteiger charge is 2.18. The first-order valence-electron chi connectivity index (χ1n) is 37.4. The molecule has 6 heteroatoms. The fraction of sp³-hybridized carbons (Fsp3) is 0.870. The Morgan fingerprint density at radius 1 is 0.337 bits per heavy atom. The van der Waals surface area contributed by atoms with Gasteiger partial charge in [-0.2, -0.15) is 0 Å². The van der Waals surface area contributed by atoms with Crippen molar-refractivity contribution >= 4 is 11.9 Å². The zero-order chi connectivity index (χ0) is 59.9. The minimum absolute atomic E-state index is 0.00744. The van der Waals surface area contributed by atoms with Crippen molar-refractivity contribution in [1.29, 1.82) is 0 Å². The van der Waals surface area contributed by atoms with E-state index in [2.05, 4.69) is 55.6 Å². The molecule has 0 radical (unpaired) electrons. The van der Waals surface area contributed by atoms with Gasteiger partial charge in [0.15, 0.2) is 0 Å². The molecule has 0 saturated heterocycles. The molecule has 2 atom stereocenters. The first kappa shape index (κ1) is 80.8. The highest BCUT2D eigenvalue weighted by atomic mass is 16.5. The third-order valence-electron chi connectivity index (χ3n) is 17.3. The van der Waals surface area contributed by atoms with Gasteiger partial charge in [-0.15, -0.1) is 0 Å². The van der Waals surface area contributed by atoms with Gasteiger partial charge in [-0.25, -0.2) is 0 Å². The monoisotopic (exact) mass is 1160 g/mol. The maximum Gasteiger partial charge on any atom is 0.305 e. The lowest BCUT2D eigenvalue weighted by Gasteiger charge is -2.20. The number of carbonyl (C=O) groups is 2. The molecule has 0 spiro atoms. The number of amides is 1. The Balaban J connectivity index is 3.39.